The second kappa shape index (κ2) is 10.9. The molecule has 0 atom stereocenters. The Morgan fingerprint density at radius 2 is 2.06 bits per heavy atom. The van der Waals surface area contributed by atoms with Crippen LogP contribution in [-0.2, 0) is 9.53 Å². The molecule has 0 aromatic carbocycles. The van der Waals surface area contributed by atoms with E-state index in [1.807, 2.05) is 0 Å². The van der Waals surface area contributed by atoms with Crippen molar-refractivity contribution in [2.24, 2.45) is 11.7 Å². The van der Waals surface area contributed by atoms with Crippen molar-refractivity contribution in [2.45, 2.75) is 39.5 Å². The molecule has 0 unspecified atom stereocenters. The first kappa shape index (κ1) is 15.4. The Bertz CT molecular complexity index is 172. The number of carbonyl (C=O) groups is 1. The zero-order valence-corrected chi connectivity index (χ0v) is 10.6. The van der Waals surface area contributed by atoms with Gasteiger partial charge in [-0.25, -0.2) is 0 Å². The summed E-state index contributed by atoms with van der Waals surface area (Å²) >= 11 is 0. The summed E-state index contributed by atoms with van der Waals surface area (Å²) in [7, 11) is 0. The third-order valence-electron chi connectivity index (χ3n) is 2.27. The SMILES string of the molecule is CC(C)CCOCCNC(=O)CCCCN. The van der Waals surface area contributed by atoms with Gasteiger partial charge in [0, 0.05) is 19.6 Å². The molecule has 0 fully saturated rings. The van der Waals surface area contributed by atoms with Crippen LogP contribution in [0.3, 0.4) is 0 Å². The first-order valence-electron chi connectivity index (χ1n) is 6.21. The lowest BCUT2D eigenvalue weighted by Gasteiger charge is -2.07. The Balaban J connectivity index is 3.15. The van der Waals surface area contributed by atoms with Crippen molar-refractivity contribution >= 4 is 5.91 Å². The van der Waals surface area contributed by atoms with Crippen LogP contribution in [0.1, 0.15) is 39.5 Å². The number of amides is 1. The average Bonchev–Trinajstić information content (AvgIpc) is 2.23. The van der Waals surface area contributed by atoms with Crippen LogP contribution in [0.25, 0.3) is 0 Å². The van der Waals surface area contributed by atoms with Gasteiger partial charge in [0.1, 0.15) is 0 Å². The van der Waals surface area contributed by atoms with Crippen molar-refractivity contribution in [3.63, 3.8) is 0 Å². The highest BCUT2D eigenvalue weighted by molar-refractivity contribution is 5.75. The molecule has 0 aromatic rings. The van der Waals surface area contributed by atoms with Gasteiger partial charge in [-0.2, -0.15) is 0 Å². The monoisotopic (exact) mass is 230 g/mol. The molecule has 96 valence electrons. The summed E-state index contributed by atoms with van der Waals surface area (Å²) in [6.07, 6.45) is 3.43. The van der Waals surface area contributed by atoms with Crippen molar-refractivity contribution < 1.29 is 9.53 Å². The fourth-order valence-corrected chi connectivity index (χ4v) is 1.20. The predicted molar refractivity (Wildman–Crippen MR) is 66.2 cm³/mol. The van der Waals surface area contributed by atoms with E-state index < -0.39 is 0 Å². The molecule has 0 aromatic heterocycles. The summed E-state index contributed by atoms with van der Waals surface area (Å²) in [5.41, 5.74) is 5.34. The highest BCUT2D eigenvalue weighted by Crippen LogP contribution is 1.98. The Morgan fingerprint density at radius 3 is 2.69 bits per heavy atom. The van der Waals surface area contributed by atoms with Crippen LogP contribution in [0.15, 0.2) is 0 Å². The smallest absolute Gasteiger partial charge is 0.220 e. The highest BCUT2D eigenvalue weighted by atomic mass is 16.5. The number of ether oxygens (including phenoxy) is 1. The lowest BCUT2D eigenvalue weighted by Crippen LogP contribution is -2.27. The fraction of sp³-hybridized carbons (Fsp3) is 0.917. The zero-order valence-electron chi connectivity index (χ0n) is 10.6. The molecule has 16 heavy (non-hydrogen) atoms. The molecular weight excluding hydrogens is 204 g/mol. The molecule has 0 bridgehead atoms. The molecule has 0 spiro atoms. The number of hydrogen-bond acceptors (Lipinski definition) is 3. The van der Waals surface area contributed by atoms with E-state index in [0.29, 0.717) is 32.0 Å². The third kappa shape index (κ3) is 11.5. The quantitative estimate of drug-likeness (QED) is 0.556. The first-order chi connectivity index (χ1) is 7.66. The van der Waals surface area contributed by atoms with Crippen LogP contribution < -0.4 is 11.1 Å². The van der Waals surface area contributed by atoms with Gasteiger partial charge >= 0.3 is 0 Å². The summed E-state index contributed by atoms with van der Waals surface area (Å²) < 4.78 is 5.39. The second-order valence-corrected chi connectivity index (χ2v) is 4.39. The highest BCUT2D eigenvalue weighted by Gasteiger charge is 1.99. The van der Waals surface area contributed by atoms with Crippen LogP contribution in [0, 0.1) is 5.92 Å². The van der Waals surface area contributed by atoms with Gasteiger partial charge in [-0.15, -0.1) is 0 Å². The van der Waals surface area contributed by atoms with Crippen molar-refractivity contribution in [3.05, 3.63) is 0 Å². The molecule has 0 saturated carbocycles. The van der Waals surface area contributed by atoms with E-state index in [9.17, 15) is 4.79 Å². The summed E-state index contributed by atoms with van der Waals surface area (Å²) in [5.74, 6) is 0.770. The molecule has 3 N–H and O–H groups in total. The number of nitrogens with one attached hydrogen (secondary N) is 1. The summed E-state index contributed by atoms with van der Waals surface area (Å²) in [6.45, 7) is 6.99. The summed E-state index contributed by atoms with van der Waals surface area (Å²) in [5, 5.41) is 2.82. The minimum absolute atomic E-state index is 0.0981. The van der Waals surface area contributed by atoms with Crippen LogP contribution in [0.5, 0.6) is 0 Å². The first-order valence-corrected chi connectivity index (χ1v) is 6.21. The molecule has 4 nitrogen and oxygen atoms in total. The van der Waals surface area contributed by atoms with Gasteiger partial charge in [-0.05, 0) is 31.7 Å². The summed E-state index contributed by atoms with van der Waals surface area (Å²) in [4.78, 5) is 11.3. The van der Waals surface area contributed by atoms with Crippen LogP contribution in [0.4, 0.5) is 0 Å². The van der Waals surface area contributed by atoms with Crippen molar-refractivity contribution in [1.82, 2.24) is 5.32 Å². The van der Waals surface area contributed by atoms with Crippen LogP contribution in [-0.4, -0.2) is 32.2 Å². The van der Waals surface area contributed by atoms with E-state index in [1.165, 1.54) is 0 Å². The molecule has 0 rings (SSSR count). The molecule has 0 radical (unpaired) electrons. The molecule has 1 amide bonds. The van der Waals surface area contributed by atoms with Crippen molar-refractivity contribution in [2.75, 3.05) is 26.3 Å². The van der Waals surface area contributed by atoms with Gasteiger partial charge < -0.3 is 15.8 Å². The maximum atomic E-state index is 11.3. The lowest BCUT2D eigenvalue weighted by molar-refractivity contribution is -0.121. The Labute approximate surface area is 98.9 Å². The number of hydrogen-bond donors (Lipinski definition) is 2. The van der Waals surface area contributed by atoms with E-state index >= 15 is 0 Å². The summed E-state index contributed by atoms with van der Waals surface area (Å²) in [6, 6.07) is 0. The number of unbranched alkanes of at least 4 members (excludes halogenated alkanes) is 1. The predicted octanol–water partition coefficient (Wildman–Crippen LogP) is 1.29. The Kier molecular flexibility index (Phi) is 10.5. The van der Waals surface area contributed by atoms with Crippen molar-refractivity contribution in [3.8, 4) is 0 Å². The minimum Gasteiger partial charge on any atom is -0.380 e. The average molecular weight is 230 g/mol. The van der Waals surface area contributed by atoms with Gasteiger partial charge in [-0.1, -0.05) is 13.8 Å². The molecule has 0 saturated heterocycles. The molecular formula is C12H26N2O2. The molecule has 0 heterocycles. The van der Waals surface area contributed by atoms with Gasteiger partial charge in [0.25, 0.3) is 0 Å². The maximum Gasteiger partial charge on any atom is 0.220 e. The second-order valence-electron chi connectivity index (χ2n) is 4.39. The van der Waals surface area contributed by atoms with Crippen LogP contribution >= 0.6 is 0 Å². The van der Waals surface area contributed by atoms with E-state index in [4.69, 9.17) is 10.5 Å². The topological polar surface area (TPSA) is 64.3 Å². The van der Waals surface area contributed by atoms with Crippen LogP contribution in [0.2, 0.25) is 0 Å². The largest absolute Gasteiger partial charge is 0.380 e. The van der Waals surface area contributed by atoms with Gasteiger partial charge in [-0.3, -0.25) is 4.79 Å². The Hall–Kier alpha value is -0.610. The van der Waals surface area contributed by atoms with Gasteiger partial charge in [0.15, 0.2) is 0 Å². The molecule has 4 heteroatoms. The number of nitrogens with two attached hydrogens (primary N) is 1. The maximum absolute atomic E-state index is 11.3. The lowest BCUT2D eigenvalue weighted by atomic mass is 10.1. The number of carbonyl (C=O) groups excluding carboxylic acids is 1. The number of rotatable bonds is 10. The van der Waals surface area contributed by atoms with E-state index in [0.717, 1.165) is 25.9 Å². The van der Waals surface area contributed by atoms with E-state index in [2.05, 4.69) is 19.2 Å². The zero-order chi connectivity index (χ0) is 12.2. The fourth-order valence-electron chi connectivity index (χ4n) is 1.20. The van der Waals surface area contributed by atoms with Gasteiger partial charge in [0.2, 0.25) is 5.91 Å². The minimum atomic E-state index is 0.0981. The Morgan fingerprint density at radius 1 is 1.31 bits per heavy atom. The standard InChI is InChI=1S/C12H26N2O2/c1-11(2)6-9-16-10-8-14-12(15)5-3-4-7-13/h11H,3-10,13H2,1-2H3,(H,14,15). The normalized spacial score (nSPS) is 10.8. The van der Waals surface area contributed by atoms with Crippen molar-refractivity contribution in [1.29, 1.82) is 0 Å². The molecule has 0 aliphatic heterocycles. The van der Waals surface area contributed by atoms with E-state index in [1.54, 1.807) is 0 Å². The van der Waals surface area contributed by atoms with Gasteiger partial charge in [0.05, 0.1) is 6.61 Å². The molecule has 0 aliphatic carbocycles. The molecule has 0 aliphatic rings. The van der Waals surface area contributed by atoms with E-state index in [-0.39, 0.29) is 5.91 Å². The third-order valence-corrected chi connectivity index (χ3v) is 2.27.